The number of aliphatic hydroxyl groups excluding tert-OH is 1. The molecule has 30 heavy (non-hydrogen) atoms. The Morgan fingerprint density at radius 3 is 2.40 bits per heavy atom. The van der Waals surface area contributed by atoms with Crippen LogP contribution in [0, 0.1) is 0 Å². The molecule has 2 aromatic carbocycles. The lowest BCUT2D eigenvalue weighted by Gasteiger charge is -2.12. The van der Waals surface area contributed by atoms with Gasteiger partial charge in [-0.3, -0.25) is 4.72 Å². The van der Waals surface area contributed by atoms with Gasteiger partial charge in [0.05, 0.1) is 27.4 Å². The summed E-state index contributed by atoms with van der Waals surface area (Å²) in [6.07, 6.45) is -3.94. The molecule has 0 radical (unpaired) electrons. The summed E-state index contributed by atoms with van der Waals surface area (Å²) in [5.74, 6) is 0. The fourth-order valence-electron chi connectivity index (χ4n) is 2.82. The number of hydrogen-bond acceptors (Lipinski definition) is 5. The van der Waals surface area contributed by atoms with Gasteiger partial charge >= 0.3 is 6.18 Å². The van der Waals surface area contributed by atoms with Gasteiger partial charge in [0.25, 0.3) is 10.0 Å². The zero-order chi connectivity index (χ0) is 21.8. The third-order valence-corrected chi connectivity index (χ3v) is 5.71. The van der Waals surface area contributed by atoms with Crippen LogP contribution >= 0.6 is 0 Å². The number of nitrogens with one attached hydrogen (secondary N) is 2. The zero-order valence-corrected chi connectivity index (χ0v) is 16.6. The molecule has 0 spiro atoms. The van der Waals surface area contributed by atoms with Crippen molar-refractivity contribution in [3.63, 3.8) is 0 Å². The second-order valence-electron chi connectivity index (χ2n) is 6.56. The first-order valence-electron chi connectivity index (χ1n) is 9.11. The molecule has 0 aliphatic rings. The topological polar surface area (TPSA) is 91.3 Å². The average Bonchev–Trinajstić information content (AvgIpc) is 2.71. The SMILES string of the molecule is O=S(=O)(Nc1cccc2ccc(CNCCCO)nc12)c1ccc(C(F)(F)F)cc1. The van der Waals surface area contributed by atoms with E-state index in [1.165, 1.54) is 0 Å². The largest absolute Gasteiger partial charge is 0.416 e. The molecule has 0 atom stereocenters. The Kier molecular flexibility index (Phi) is 6.59. The molecule has 10 heteroatoms. The van der Waals surface area contributed by atoms with Gasteiger partial charge in [0.15, 0.2) is 0 Å². The number of sulfonamides is 1. The summed E-state index contributed by atoms with van der Waals surface area (Å²) >= 11 is 0. The van der Waals surface area contributed by atoms with Crippen LogP contribution in [0.2, 0.25) is 0 Å². The van der Waals surface area contributed by atoms with Gasteiger partial charge < -0.3 is 10.4 Å². The number of fused-ring (bicyclic) bond motifs is 1. The van der Waals surface area contributed by atoms with E-state index in [2.05, 4.69) is 15.0 Å². The van der Waals surface area contributed by atoms with Crippen molar-refractivity contribution in [3.8, 4) is 0 Å². The fourth-order valence-corrected chi connectivity index (χ4v) is 3.88. The van der Waals surface area contributed by atoms with E-state index in [9.17, 15) is 21.6 Å². The fraction of sp³-hybridized carbons (Fsp3) is 0.250. The minimum absolute atomic E-state index is 0.0774. The standard InChI is InChI=1S/C20H20F3N3O3S/c21-20(22,23)15-6-9-17(10-7-15)30(28,29)26-18-4-1-3-14-5-8-16(25-19(14)18)13-24-11-2-12-27/h1,3-10,24,26-27H,2,11-13H2. The molecule has 3 rings (SSSR count). The maximum Gasteiger partial charge on any atom is 0.416 e. The molecular formula is C20H20F3N3O3S. The van der Waals surface area contributed by atoms with Gasteiger partial charge in [-0.15, -0.1) is 0 Å². The Bertz CT molecular complexity index is 1120. The smallest absolute Gasteiger partial charge is 0.396 e. The van der Waals surface area contributed by atoms with E-state index in [0.717, 1.165) is 24.3 Å². The third kappa shape index (κ3) is 5.26. The predicted octanol–water partition coefficient (Wildman–Crippen LogP) is 3.53. The number of aliphatic hydroxyl groups is 1. The van der Waals surface area contributed by atoms with Gasteiger partial charge in [-0.25, -0.2) is 13.4 Å². The van der Waals surface area contributed by atoms with Crippen molar-refractivity contribution in [1.82, 2.24) is 10.3 Å². The number of hydrogen-bond donors (Lipinski definition) is 3. The summed E-state index contributed by atoms with van der Waals surface area (Å²) < 4.78 is 65.9. The maximum atomic E-state index is 12.7. The van der Waals surface area contributed by atoms with E-state index in [1.807, 2.05) is 6.07 Å². The van der Waals surface area contributed by atoms with Crippen molar-refractivity contribution in [2.45, 2.75) is 24.0 Å². The Balaban J connectivity index is 1.86. The highest BCUT2D eigenvalue weighted by Crippen LogP contribution is 2.30. The Labute approximate surface area is 171 Å². The van der Waals surface area contributed by atoms with E-state index in [1.54, 1.807) is 24.3 Å². The Morgan fingerprint density at radius 1 is 1.00 bits per heavy atom. The normalized spacial score (nSPS) is 12.3. The summed E-state index contributed by atoms with van der Waals surface area (Å²) in [5.41, 5.74) is 0.410. The molecule has 0 aliphatic heterocycles. The molecule has 0 saturated carbocycles. The second kappa shape index (κ2) is 8.99. The summed E-state index contributed by atoms with van der Waals surface area (Å²) in [4.78, 5) is 4.21. The summed E-state index contributed by atoms with van der Waals surface area (Å²) in [6.45, 7) is 1.13. The van der Waals surface area contributed by atoms with Crippen molar-refractivity contribution in [2.75, 3.05) is 17.9 Å². The Morgan fingerprint density at radius 2 is 1.73 bits per heavy atom. The molecule has 1 aromatic heterocycles. The van der Waals surface area contributed by atoms with Gasteiger partial charge in [0.1, 0.15) is 0 Å². The number of pyridine rings is 1. The van der Waals surface area contributed by atoms with E-state index in [4.69, 9.17) is 5.11 Å². The lowest BCUT2D eigenvalue weighted by molar-refractivity contribution is -0.137. The summed E-state index contributed by atoms with van der Waals surface area (Å²) in [6, 6.07) is 11.9. The van der Waals surface area contributed by atoms with Crippen LogP contribution in [0.4, 0.5) is 18.9 Å². The van der Waals surface area contributed by atoms with Crippen LogP contribution in [0.5, 0.6) is 0 Å². The monoisotopic (exact) mass is 439 g/mol. The quantitative estimate of drug-likeness (QED) is 0.467. The van der Waals surface area contributed by atoms with Gasteiger partial charge in [-0.05, 0) is 49.4 Å². The molecule has 6 nitrogen and oxygen atoms in total. The first-order chi connectivity index (χ1) is 14.2. The van der Waals surface area contributed by atoms with Gasteiger partial charge in [-0.1, -0.05) is 18.2 Å². The highest BCUT2D eigenvalue weighted by atomic mass is 32.2. The predicted molar refractivity (Wildman–Crippen MR) is 107 cm³/mol. The van der Waals surface area contributed by atoms with Crippen molar-refractivity contribution < 1.29 is 26.7 Å². The molecule has 0 amide bonds. The van der Waals surface area contributed by atoms with Crippen LogP contribution in [-0.2, 0) is 22.7 Å². The van der Waals surface area contributed by atoms with Gasteiger partial charge in [0, 0.05) is 18.5 Å². The highest BCUT2D eigenvalue weighted by molar-refractivity contribution is 7.92. The average molecular weight is 439 g/mol. The number of para-hydroxylation sites is 1. The molecule has 0 saturated heterocycles. The number of aromatic nitrogens is 1. The third-order valence-electron chi connectivity index (χ3n) is 4.33. The molecule has 1 heterocycles. The molecule has 0 aliphatic carbocycles. The van der Waals surface area contributed by atoms with Crippen molar-refractivity contribution in [3.05, 3.63) is 65.9 Å². The molecule has 160 valence electrons. The molecule has 0 bridgehead atoms. The van der Waals surface area contributed by atoms with Gasteiger partial charge in [-0.2, -0.15) is 13.2 Å². The first kappa shape index (κ1) is 22.0. The molecule has 0 fully saturated rings. The lowest BCUT2D eigenvalue weighted by Crippen LogP contribution is -2.17. The molecule has 0 unspecified atom stereocenters. The lowest BCUT2D eigenvalue weighted by atomic mass is 10.2. The number of anilines is 1. The van der Waals surface area contributed by atoms with E-state index in [-0.39, 0.29) is 17.2 Å². The second-order valence-corrected chi connectivity index (χ2v) is 8.24. The number of alkyl halides is 3. The van der Waals surface area contributed by atoms with E-state index in [0.29, 0.717) is 36.1 Å². The van der Waals surface area contributed by atoms with Crippen LogP contribution in [0.25, 0.3) is 10.9 Å². The number of halogens is 3. The summed E-state index contributed by atoms with van der Waals surface area (Å²) in [7, 11) is -4.10. The van der Waals surface area contributed by atoms with Crippen LogP contribution in [-0.4, -0.2) is 31.7 Å². The van der Waals surface area contributed by atoms with Crippen molar-refractivity contribution >= 4 is 26.6 Å². The summed E-state index contributed by atoms with van der Waals surface area (Å²) in [5, 5.41) is 12.7. The molecular weight excluding hydrogens is 419 g/mol. The van der Waals surface area contributed by atoms with Crippen molar-refractivity contribution in [2.24, 2.45) is 0 Å². The number of nitrogens with zero attached hydrogens (tertiary/aromatic N) is 1. The van der Waals surface area contributed by atoms with E-state index < -0.39 is 21.8 Å². The van der Waals surface area contributed by atoms with E-state index >= 15 is 0 Å². The minimum Gasteiger partial charge on any atom is -0.396 e. The van der Waals surface area contributed by atoms with Crippen LogP contribution in [0.3, 0.4) is 0 Å². The van der Waals surface area contributed by atoms with Crippen LogP contribution in [0.15, 0.2) is 59.5 Å². The minimum atomic E-state index is -4.54. The van der Waals surface area contributed by atoms with Crippen LogP contribution < -0.4 is 10.0 Å². The zero-order valence-electron chi connectivity index (χ0n) is 15.8. The Hall–Kier alpha value is -2.69. The van der Waals surface area contributed by atoms with Crippen LogP contribution in [0.1, 0.15) is 17.7 Å². The first-order valence-corrected chi connectivity index (χ1v) is 10.6. The highest BCUT2D eigenvalue weighted by Gasteiger charge is 2.30. The van der Waals surface area contributed by atoms with Gasteiger partial charge in [0.2, 0.25) is 0 Å². The maximum absolute atomic E-state index is 12.7. The number of benzene rings is 2. The van der Waals surface area contributed by atoms with Crippen molar-refractivity contribution in [1.29, 1.82) is 0 Å². The molecule has 3 N–H and O–H groups in total. The molecule has 3 aromatic rings. The number of rotatable bonds is 8.